The van der Waals surface area contributed by atoms with Crippen molar-refractivity contribution in [3.05, 3.63) is 46.9 Å². The number of nitrogens with zero attached hydrogens (tertiary/aromatic N) is 1. The number of hydrogen-bond donors (Lipinski definition) is 2. The molecule has 3 N–H and O–H groups in total. The molecule has 0 unspecified atom stereocenters. The van der Waals surface area contributed by atoms with Crippen molar-refractivity contribution in [3.63, 3.8) is 0 Å². The predicted molar refractivity (Wildman–Crippen MR) is 71.4 cm³/mol. The number of fused-ring (bicyclic) bond motifs is 1. The van der Waals surface area contributed by atoms with Gasteiger partial charge in [-0.3, -0.25) is 4.79 Å². The lowest BCUT2D eigenvalue weighted by atomic mass is 10.1. The minimum atomic E-state index is -3.80. The molecule has 20 heavy (non-hydrogen) atoms. The van der Waals surface area contributed by atoms with Gasteiger partial charge in [-0.25, -0.2) is 13.6 Å². The fraction of sp³-hybridized carbons (Fsp3) is 0. The summed E-state index contributed by atoms with van der Waals surface area (Å²) in [4.78, 5) is 14.6. The van der Waals surface area contributed by atoms with Crippen molar-refractivity contribution in [2.45, 2.75) is 4.90 Å². The highest BCUT2D eigenvalue weighted by atomic mass is 32.2. The van der Waals surface area contributed by atoms with Crippen LogP contribution in [0.5, 0.6) is 0 Å². The van der Waals surface area contributed by atoms with Gasteiger partial charge >= 0.3 is 0 Å². The van der Waals surface area contributed by atoms with Crippen LogP contribution in [0.2, 0.25) is 0 Å². The van der Waals surface area contributed by atoms with Gasteiger partial charge in [-0.2, -0.15) is 0 Å². The Bertz CT molecular complexity index is 942. The molecule has 3 rings (SSSR count). The van der Waals surface area contributed by atoms with Gasteiger partial charge in [0, 0.05) is 17.0 Å². The summed E-state index contributed by atoms with van der Waals surface area (Å²) in [6, 6.07) is 7.30. The first-order chi connectivity index (χ1) is 9.45. The summed E-state index contributed by atoms with van der Waals surface area (Å²) in [5.74, 6) is 0. The topological polar surface area (TPSA) is 119 Å². The highest BCUT2D eigenvalue weighted by Gasteiger charge is 2.12. The second-order valence-electron chi connectivity index (χ2n) is 4.19. The van der Waals surface area contributed by atoms with Crippen LogP contribution in [-0.2, 0) is 10.0 Å². The molecular weight excluding hydrogens is 282 g/mol. The van der Waals surface area contributed by atoms with Gasteiger partial charge in [-0.1, -0.05) is 5.16 Å². The van der Waals surface area contributed by atoms with Gasteiger partial charge in [0.25, 0.3) is 5.56 Å². The van der Waals surface area contributed by atoms with Crippen LogP contribution in [0.25, 0.3) is 22.2 Å². The zero-order chi connectivity index (χ0) is 14.3. The molecule has 0 saturated carbocycles. The van der Waals surface area contributed by atoms with Crippen molar-refractivity contribution in [2.75, 3.05) is 0 Å². The Labute approximate surface area is 113 Å². The Morgan fingerprint density at radius 1 is 1.20 bits per heavy atom. The third-order valence-corrected chi connectivity index (χ3v) is 3.77. The lowest BCUT2D eigenvalue weighted by molar-refractivity contribution is 0.422. The van der Waals surface area contributed by atoms with E-state index in [9.17, 15) is 13.2 Å². The minimum absolute atomic E-state index is 0.0249. The van der Waals surface area contributed by atoms with Crippen molar-refractivity contribution in [1.82, 2.24) is 10.1 Å². The van der Waals surface area contributed by atoms with Crippen LogP contribution < -0.4 is 10.7 Å². The van der Waals surface area contributed by atoms with Crippen LogP contribution in [0.4, 0.5) is 0 Å². The smallest absolute Gasteiger partial charge is 0.258 e. The van der Waals surface area contributed by atoms with Crippen LogP contribution in [0.1, 0.15) is 0 Å². The van der Waals surface area contributed by atoms with E-state index in [1.807, 2.05) is 0 Å². The summed E-state index contributed by atoms with van der Waals surface area (Å²) < 4.78 is 27.4. The summed E-state index contributed by atoms with van der Waals surface area (Å²) in [5.41, 5.74) is 0.830. The minimum Gasteiger partial charge on any atom is -0.364 e. The average molecular weight is 291 g/mol. The van der Waals surface area contributed by atoms with Gasteiger partial charge in [0.05, 0.1) is 10.5 Å². The van der Waals surface area contributed by atoms with E-state index in [1.54, 1.807) is 12.1 Å². The molecule has 0 spiro atoms. The first-order valence-corrected chi connectivity index (χ1v) is 7.10. The lowest BCUT2D eigenvalue weighted by Gasteiger charge is -2.03. The van der Waals surface area contributed by atoms with E-state index in [0.29, 0.717) is 16.6 Å². The SMILES string of the molecule is NS(=O)(=O)c1ccc2[nH]c(=O)c(-c3ccon3)cc2c1. The van der Waals surface area contributed by atoms with Crippen molar-refractivity contribution in [3.8, 4) is 11.3 Å². The molecule has 0 saturated heterocycles. The Hall–Kier alpha value is -2.45. The molecule has 102 valence electrons. The zero-order valence-electron chi connectivity index (χ0n) is 10.0. The Morgan fingerprint density at radius 2 is 2.00 bits per heavy atom. The molecule has 0 aliphatic carbocycles. The van der Waals surface area contributed by atoms with Gasteiger partial charge in [0.15, 0.2) is 0 Å². The van der Waals surface area contributed by atoms with Gasteiger partial charge in [0.2, 0.25) is 10.0 Å². The number of sulfonamides is 1. The molecule has 0 aliphatic rings. The largest absolute Gasteiger partial charge is 0.364 e. The fourth-order valence-electron chi connectivity index (χ4n) is 1.90. The number of aromatic nitrogens is 2. The van der Waals surface area contributed by atoms with Gasteiger partial charge in [-0.05, 0) is 24.3 Å². The fourth-order valence-corrected chi connectivity index (χ4v) is 2.45. The Morgan fingerprint density at radius 3 is 2.65 bits per heavy atom. The van der Waals surface area contributed by atoms with Crippen LogP contribution in [-0.4, -0.2) is 18.6 Å². The third-order valence-electron chi connectivity index (χ3n) is 2.86. The Kier molecular flexibility index (Phi) is 2.70. The van der Waals surface area contributed by atoms with Crippen molar-refractivity contribution < 1.29 is 12.9 Å². The highest BCUT2D eigenvalue weighted by Crippen LogP contribution is 2.20. The quantitative estimate of drug-likeness (QED) is 0.724. The molecule has 0 fully saturated rings. The normalized spacial score (nSPS) is 11.8. The number of primary sulfonamides is 1. The lowest BCUT2D eigenvalue weighted by Crippen LogP contribution is -2.13. The molecule has 7 nitrogen and oxygen atoms in total. The molecule has 3 aromatic rings. The number of hydrogen-bond acceptors (Lipinski definition) is 5. The maximum Gasteiger partial charge on any atom is 0.258 e. The number of nitrogens with two attached hydrogens (primary N) is 1. The highest BCUT2D eigenvalue weighted by molar-refractivity contribution is 7.89. The van der Waals surface area contributed by atoms with Crippen molar-refractivity contribution in [2.24, 2.45) is 5.14 Å². The molecule has 0 amide bonds. The molecule has 0 atom stereocenters. The summed E-state index contributed by atoms with van der Waals surface area (Å²) >= 11 is 0. The van der Waals surface area contributed by atoms with Crippen LogP contribution in [0.15, 0.2) is 50.8 Å². The number of benzene rings is 1. The maximum atomic E-state index is 11.9. The predicted octanol–water partition coefficient (Wildman–Crippen LogP) is 0.831. The summed E-state index contributed by atoms with van der Waals surface area (Å²) in [7, 11) is -3.80. The van der Waals surface area contributed by atoms with Gasteiger partial charge in [0.1, 0.15) is 12.0 Å². The average Bonchev–Trinajstić information content (AvgIpc) is 2.90. The van der Waals surface area contributed by atoms with Gasteiger partial charge < -0.3 is 9.51 Å². The number of rotatable bonds is 2. The summed E-state index contributed by atoms with van der Waals surface area (Å²) in [5, 5.41) is 9.31. The van der Waals surface area contributed by atoms with E-state index in [2.05, 4.69) is 10.1 Å². The number of nitrogens with one attached hydrogen (secondary N) is 1. The first kappa shape index (κ1) is 12.6. The first-order valence-electron chi connectivity index (χ1n) is 5.56. The van der Waals surface area contributed by atoms with E-state index in [1.165, 1.54) is 24.5 Å². The van der Waals surface area contributed by atoms with Crippen LogP contribution in [0.3, 0.4) is 0 Å². The molecule has 2 heterocycles. The van der Waals surface area contributed by atoms with Gasteiger partial charge in [-0.15, -0.1) is 0 Å². The number of H-pyrrole nitrogens is 1. The number of pyridine rings is 1. The second kappa shape index (κ2) is 4.29. The molecule has 0 bridgehead atoms. The van der Waals surface area contributed by atoms with E-state index >= 15 is 0 Å². The second-order valence-corrected chi connectivity index (χ2v) is 5.75. The Balaban J connectivity index is 2.30. The standard InChI is InChI=1S/C12H9N3O4S/c13-20(17,18)8-1-2-10-7(5-8)6-9(12(16)14-10)11-3-4-19-15-11/h1-6H,(H,14,16)(H2,13,17,18). The maximum absolute atomic E-state index is 11.9. The molecule has 0 radical (unpaired) electrons. The van der Waals surface area contributed by atoms with E-state index in [4.69, 9.17) is 9.66 Å². The third kappa shape index (κ3) is 2.10. The monoisotopic (exact) mass is 291 g/mol. The summed E-state index contributed by atoms with van der Waals surface area (Å²) in [6.45, 7) is 0. The molecule has 8 heteroatoms. The van der Waals surface area contributed by atoms with Crippen molar-refractivity contribution >= 4 is 20.9 Å². The molecule has 0 aliphatic heterocycles. The summed E-state index contributed by atoms with van der Waals surface area (Å²) in [6.07, 6.45) is 1.35. The molecular formula is C12H9N3O4S. The van der Waals surface area contributed by atoms with E-state index in [-0.39, 0.29) is 16.0 Å². The van der Waals surface area contributed by atoms with E-state index in [0.717, 1.165) is 0 Å². The van der Waals surface area contributed by atoms with E-state index < -0.39 is 10.0 Å². The molecule has 1 aromatic carbocycles. The molecule has 2 aromatic heterocycles. The number of aromatic amines is 1. The van der Waals surface area contributed by atoms with Crippen LogP contribution >= 0.6 is 0 Å². The van der Waals surface area contributed by atoms with Crippen molar-refractivity contribution in [1.29, 1.82) is 0 Å². The van der Waals surface area contributed by atoms with Crippen LogP contribution in [0, 0.1) is 0 Å². The zero-order valence-corrected chi connectivity index (χ0v) is 10.8.